The van der Waals surface area contributed by atoms with Crippen molar-refractivity contribution in [3.63, 3.8) is 0 Å². The molecule has 0 saturated heterocycles. The number of hydrogen-bond donors (Lipinski definition) is 1. The smallest absolute Gasteiger partial charge is 0.305 e. The molecule has 0 aliphatic heterocycles. The Bertz CT molecular complexity index is 704. The summed E-state index contributed by atoms with van der Waals surface area (Å²) in [4.78, 5) is 20.7. The van der Waals surface area contributed by atoms with Crippen molar-refractivity contribution in [2.24, 2.45) is 5.92 Å². The molecule has 0 radical (unpaired) electrons. The summed E-state index contributed by atoms with van der Waals surface area (Å²) in [5.74, 6) is 0.0185. The van der Waals surface area contributed by atoms with E-state index >= 15 is 0 Å². The SMILES string of the molecule is CCc1ccc(CN(CCC(=O)O)c2nc(CC3CCCCC3)cs2)s1. The molecule has 26 heavy (non-hydrogen) atoms. The Labute approximate surface area is 163 Å². The van der Waals surface area contributed by atoms with Crippen LogP contribution in [0.1, 0.15) is 60.9 Å². The Morgan fingerprint density at radius 3 is 2.73 bits per heavy atom. The van der Waals surface area contributed by atoms with E-state index in [1.807, 2.05) is 11.3 Å². The van der Waals surface area contributed by atoms with Gasteiger partial charge in [-0.3, -0.25) is 4.79 Å². The van der Waals surface area contributed by atoms with Gasteiger partial charge in [0.1, 0.15) is 0 Å². The third-order valence-electron chi connectivity index (χ3n) is 5.04. The number of thiophene rings is 1. The zero-order valence-corrected chi connectivity index (χ0v) is 17.1. The lowest BCUT2D eigenvalue weighted by Crippen LogP contribution is -2.25. The molecular formula is C20H28N2O2S2. The summed E-state index contributed by atoms with van der Waals surface area (Å²) in [7, 11) is 0. The van der Waals surface area contributed by atoms with E-state index in [0.717, 1.165) is 30.4 Å². The van der Waals surface area contributed by atoms with Crippen LogP contribution in [0.2, 0.25) is 0 Å². The van der Waals surface area contributed by atoms with E-state index < -0.39 is 5.97 Å². The van der Waals surface area contributed by atoms with Crippen LogP contribution in [0.5, 0.6) is 0 Å². The van der Waals surface area contributed by atoms with Crippen LogP contribution in [0.4, 0.5) is 5.13 Å². The van der Waals surface area contributed by atoms with E-state index in [-0.39, 0.29) is 6.42 Å². The summed E-state index contributed by atoms with van der Waals surface area (Å²) in [6.07, 6.45) is 8.99. The van der Waals surface area contributed by atoms with Crippen LogP contribution < -0.4 is 4.90 Å². The van der Waals surface area contributed by atoms with Gasteiger partial charge in [-0.2, -0.15) is 0 Å². The molecule has 1 N–H and O–H groups in total. The maximum Gasteiger partial charge on any atom is 0.305 e. The van der Waals surface area contributed by atoms with Gasteiger partial charge in [0, 0.05) is 21.7 Å². The standard InChI is InChI=1S/C20H28N2O2S2/c1-2-17-8-9-18(26-17)13-22(11-10-19(23)24)20-21-16(14-25-20)12-15-6-4-3-5-7-15/h8-9,14-15H,2-7,10-13H2,1H3,(H,23,24). The number of carboxylic acid groups (broad SMARTS) is 1. The average Bonchev–Trinajstić information content (AvgIpc) is 3.28. The van der Waals surface area contributed by atoms with Gasteiger partial charge in [0.25, 0.3) is 0 Å². The number of aliphatic carboxylic acids is 1. The molecule has 2 heterocycles. The predicted molar refractivity (Wildman–Crippen MR) is 109 cm³/mol. The van der Waals surface area contributed by atoms with Crippen LogP contribution in [0.15, 0.2) is 17.5 Å². The van der Waals surface area contributed by atoms with Crippen molar-refractivity contribution in [2.45, 2.75) is 64.8 Å². The molecule has 4 nitrogen and oxygen atoms in total. The molecular weight excluding hydrogens is 364 g/mol. The second-order valence-electron chi connectivity index (χ2n) is 7.12. The lowest BCUT2D eigenvalue weighted by molar-refractivity contribution is -0.136. The van der Waals surface area contributed by atoms with Crippen LogP contribution in [0.25, 0.3) is 0 Å². The first-order valence-electron chi connectivity index (χ1n) is 9.62. The summed E-state index contributed by atoms with van der Waals surface area (Å²) < 4.78 is 0. The molecule has 2 aromatic heterocycles. The van der Waals surface area contributed by atoms with Gasteiger partial charge in [-0.25, -0.2) is 4.98 Å². The number of nitrogens with zero attached hydrogens (tertiary/aromatic N) is 2. The molecule has 0 aromatic carbocycles. The molecule has 0 unspecified atom stereocenters. The van der Waals surface area contributed by atoms with Gasteiger partial charge in [0.15, 0.2) is 5.13 Å². The maximum atomic E-state index is 11.1. The number of carboxylic acids is 1. The highest BCUT2D eigenvalue weighted by Crippen LogP contribution is 2.30. The Balaban J connectivity index is 1.67. The zero-order chi connectivity index (χ0) is 18.4. The number of hydrogen-bond acceptors (Lipinski definition) is 5. The molecule has 0 atom stereocenters. The van der Waals surface area contributed by atoms with Crippen molar-refractivity contribution in [3.8, 4) is 0 Å². The molecule has 142 valence electrons. The molecule has 1 fully saturated rings. The van der Waals surface area contributed by atoms with Crippen LogP contribution in [-0.4, -0.2) is 22.6 Å². The van der Waals surface area contributed by atoms with E-state index in [2.05, 4.69) is 29.3 Å². The van der Waals surface area contributed by atoms with Gasteiger partial charge in [0.05, 0.1) is 18.7 Å². The van der Waals surface area contributed by atoms with Crippen LogP contribution in [-0.2, 0) is 24.2 Å². The highest BCUT2D eigenvalue weighted by Gasteiger charge is 2.18. The lowest BCUT2D eigenvalue weighted by Gasteiger charge is -2.21. The number of anilines is 1. The summed E-state index contributed by atoms with van der Waals surface area (Å²) in [5.41, 5.74) is 1.18. The van der Waals surface area contributed by atoms with E-state index in [1.54, 1.807) is 11.3 Å². The average molecular weight is 393 g/mol. The number of rotatable bonds is 9. The summed E-state index contributed by atoms with van der Waals surface area (Å²) in [6.45, 7) is 3.41. The fourth-order valence-electron chi connectivity index (χ4n) is 3.58. The second kappa shape index (κ2) is 9.51. The van der Waals surface area contributed by atoms with Crippen LogP contribution >= 0.6 is 22.7 Å². The van der Waals surface area contributed by atoms with E-state index in [9.17, 15) is 4.79 Å². The highest BCUT2D eigenvalue weighted by atomic mass is 32.1. The van der Waals surface area contributed by atoms with E-state index in [4.69, 9.17) is 10.1 Å². The van der Waals surface area contributed by atoms with Gasteiger partial charge >= 0.3 is 5.97 Å². The molecule has 6 heteroatoms. The quantitative estimate of drug-likeness (QED) is 0.623. The molecule has 0 amide bonds. The Morgan fingerprint density at radius 1 is 1.27 bits per heavy atom. The molecule has 1 aliphatic rings. The van der Waals surface area contributed by atoms with E-state index in [1.165, 1.54) is 47.6 Å². The Hall–Kier alpha value is -1.40. The number of thiazole rings is 1. The summed E-state index contributed by atoms with van der Waals surface area (Å²) in [5, 5.41) is 12.2. The third-order valence-corrected chi connectivity index (χ3v) is 7.21. The fourth-order valence-corrected chi connectivity index (χ4v) is 5.42. The van der Waals surface area contributed by atoms with Crippen LogP contribution in [0.3, 0.4) is 0 Å². The van der Waals surface area contributed by atoms with Crippen molar-refractivity contribution in [1.82, 2.24) is 4.98 Å². The fraction of sp³-hybridized carbons (Fsp3) is 0.600. The predicted octanol–water partition coefficient (Wildman–Crippen LogP) is 5.37. The minimum atomic E-state index is -0.755. The number of aromatic nitrogens is 1. The second-order valence-corrected chi connectivity index (χ2v) is 9.21. The van der Waals surface area contributed by atoms with Crippen molar-refractivity contribution in [2.75, 3.05) is 11.4 Å². The van der Waals surface area contributed by atoms with Gasteiger partial charge in [-0.05, 0) is 30.9 Å². The van der Waals surface area contributed by atoms with Gasteiger partial charge < -0.3 is 10.0 Å². The van der Waals surface area contributed by atoms with Crippen LogP contribution in [0, 0.1) is 5.92 Å². The molecule has 0 spiro atoms. The first kappa shape index (κ1) is 19.4. The van der Waals surface area contributed by atoms with Crippen molar-refractivity contribution >= 4 is 33.8 Å². The number of carbonyl (C=O) groups is 1. The molecule has 1 aliphatic carbocycles. The van der Waals surface area contributed by atoms with E-state index in [0.29, 0.717) is 6.54 Å². The summed E-state index contributed by atoms with van der Waals surface area (Å²) in [6, 6.07) is 4.33. The Morgan fingerprint density at radius 2 is 2.04 bits per heavy atom. The number of aryl methyl sites for hydroxylation is 1. The van der Waals surface area contributed by atoms with Gasteiger partial charge in [0.2, 0.25) is 0 Å². The zero-order valence-electron chi connectivity index (χ0n) is 15.4. The van der Waals surface area contributed by atoms with Gasteiger partial charge in [-0.15, -0.1) is 22.7 Å². The Kier molecular flexibility index (Phi) is 7.08. The van der Waals surface area contributed by atoms with Gasteiger partial charge in [-0.1, -0.05) is 39.0 Å². The minimum absolute atomic E-state index is 0.142. The van der Waals surface area contributed by atoms with Crippen molar-refractivity contribution in [1.29, 1.82) is 0 Å². The third kappa shape index (κ3) is 5.55. The molecule has 3 rings (SSSR count). The lowest BCUT2D eigenvalue weighted by atomic mass is 9.86. The minimum Gasteiger partial charge on any atom is -0.481 e. The molecule has 1 saturated carbocycles. The van der Waals surface area contributed by atoms with Crippen molar-refractivity contribution < 1.29 is 9.90 Å². The first-order chi connectivity index (χ1) is 12.6. The largest absolute Gasteiger partial charge is 0.481 e. The summed E-state index contributed by atoms with van der Waals surface area (Å²) >= 11 is 3.47. The monoisotopic (exact) mass is 392 g/mol. The maximum absolute atomic E-state index is 11.1. The first-order valence-corrected chi connectivity index (χ1v) is 11.3. The molecule has 2 aromatic rings. The normalized spacial score (nSPS) is 15.3. The molecule has 0 bridgehead atoms. The van der Waals surface area contributed by atoms with Crippen molar-refractivity contribution in [3.05, 3.63) is 33.0 Å². The topological polar surface area (TPSA) is 53.4 Å². The highest BCUT2D eigenvalue weighted by molar-refractivity contribution is 7.14.